The van der Waals surface area contributed by atoms with Crippen molar-refractivity contribution in [3.63, 3.8) is 0 Å². The van der Waals surface area contributed by atoms with Gasteiger partial charge in [-0.1, -0.05) is 6.07 Å². The zero-order valence-electron chi connectivity index (χ0n) is 11.2. The third-order valence-electron chi connectivity index (χ3n) is 2.48. The first-order valence-electron chi connectivity index (χ1n) is 5.95. The van der Waals surface area contributed by atoms with Crippen LogP contribution in [-0.4, -0.2) is 25.6 Å². The van der Waals surface area contributed by atoms with Crippen molar-refractivity contribution >= 4 is 33.0 Å². The molecule has 0 unspecified atom stereocenters. The molecule has 1 aromatic carbocycles. The van der Waals surface area contributed by atoms with Gasteiger partial charge in [0.2, 0.25) is 10.0 Å². The fourth-order valence-corrected chi connectivity index (χ4v) is 2.23. The van der Waals surface area contributed by atoms with Crippen LogP contribution in [-0.2, 0) is 10.0 Å². The minimum Gasteiger partial charge on any atom is -0.397 e. The molecule has 1 heterocycles. The molecule has 7 nitrogen and oxygen atoms in total. The number of nitrogens with two attached hydrogens (primary N) is 1. The third kappa shape index (κ3) is 4.18. The molecule has 0 spiro atoms. The molecule has 0 fully saturated rings. The van der Waals surface area contributed by atoms with Crippen molar-refractivity contribution in [3.8, 4) is 0 Å². The van der Waals surface area contributed by atoms with Crippen LogP contribution in [0.4, 0.5) is 17.1 Å². The summed E-state index contributed by atoms with van der Waals surface area (Å²) in [6, 6.07) is 9.52. The van der Waals surface area contributed by atoms with E-state index in [1.165, 1.54) is 12.3 Å². The summed E-state index contributed by atoms with van der Waals surface area (Å²) >= 11 is 0. The number of rotatable bonds is 4. The first kappa shape index (κ1) is 14.8. The standard InChI is InChI=1S/C13H14N4O3S/c1-21(19,20)17-10-5-2-4-9(8-10)16-13(18)12-11(14)6-3-7-15-12/h2-8,17H,14H2,1H3,(H,16,18). The predicted octanol–water partition coefficient (Wildman–Crippen LogP) is 1.29. The van der Waals surface area contributed by atoms with Crippen molar-refractivity contribution in [2.75, 3.05) is 22.0 Å². The second kappa shape index (κ2) is 5.80. The minimum atomic E-state index is -3.38. The number of nitrogens with one attached hydrogen (secondary N) is 2. The lowest BCUT2D eigenvalue weighted by molar-refractivity contribution is 0.102. The Kier molecular flexibility index (Phi) is 4.08. The second-order valence-corrected chi connectivity index (χ2v) is 6.10. The topological polar surface area (TPSA) is 114 Å². The molecule has 0 saturated carbocycles. The Labute approximate surface area is 122 Å². The maximum absolute atomic E-state index is 12.0. The van der Waals surface area contributed by atoms with E-state index >= 15 is 0 Å². The zero-order valence-corrected chi connectivity index (χ0v) is 12.0. The Hall–Kier alpha value is -2.61. The minimum absolute atomic E-state index is 0.110. The summed E-state index contributed by atoms with van der Waals surface area (Å²) in [7, 11) is -3.38. The monoisotopic (exact) mass is 306 g/mol. The molecular formula is C13H14N4O3S. The molecule has 2 aromatic rings. The molecule has 0 bridgehead atoms. The fraction of sp³-hybridized carbons (Fsp3) is 0.0769. The molecule has 0 radical (unpaired) electrons. The molecule has 0 atom stereocenters. The summed E-state index contributed by atoms with van der Waals surface area (Å²) in [5.41, 5.74) is 6.83. The van der Waals surface area contributed by atoms with Gasteiger partial charge in [0.05, 0.1) is 17.6 Å². The third-order valence-corrected chi connectivity index (χ3v) is 3.08. The lowest BCUT2D eigenvalue weighted by Crippen LogP contribution is -2.16. The normalized spacial score (nSPS) is 10.9. The molecular weight excluding hydrogens is 292 g/mol. The van der Waals surface area contributed by atoms with Crippen LogP contribution in [0.15, 0.2) is 42.6 Å². The number of nitrogen functional groups attached to an aromatic ring is 1. The summed E-state index contributed by atoms with van der Waals surface area (Å²) in [5.74, 6) is -0.468. The van der Waals surface area contributed by atoms with E-state index in [2.05, 4.69) is 15.0 Å². The quantitative estimate of drug-likeness (QED) is 0.787. The summed E-state index contributed by atoms with van der Waals surface area (Å²) in [5, 5.41) is 2.61. The Bertz CT molecular complexity index is 774. The van der Waals surface area contributed by atoms with E-state index in [-0.39, 0.29) is 11.4 Å². The number of carbonyl (C=O) groups is 1. The first-order chi connectivity index (χ1) is 9.85. The molecule has 1 amide bonds. The van der Waals surface area contributed by atoms with Gasteiger partial charge < -0.3 is 11.1 Å². The van der Waals surface area contributed by atoms with Crippen molar-refractivity contribution in [1.29, 1.82) is 0 Å². The van der Waals surface area contributed by atoms with Gasteiger partial charge >= 0.3 is 0 Å². The van der Waals surface area contributed by atoms with E-state index in [0.717, 1.165) is 6.26 Å². The Morgan fingerprint density at radius 3 is 2.57 bits per heavy atom. The Morgan fingerprint density at radius 2 is 1.90 bits per heavy atom. The summed E-state index contributed by atoms with van der Waals surface area (Å²) in [6.07, 6.45) is 2.51. The number of sulfonamides is 1. The number of hydrogen-bond donors (Lipinski definition) is 3. The molecule has 1 aromatic heterocycles. The largest absolute Gasteiger partial charge is 0.397 e. The van der Waals surface area contributed by atoms with Gasteiger partial charge in [-0.3, -0.25) is 9.52 Å². The van der Waals surface area contributed by atoms with Gasteiger partial charge in [-0.25, -0.2) is 13.4 Å². The van der Waals surface area contributed by atoms with Crippen molar-refractivity contribution in [3.05, 3.63) is 48.3 Å². The molecule has 21 heavy (non-hydrogen) atoms. The molecule has 0 aliphatic rings. The molecule has 110 valence electrons. The van der Waals surface area contributed by atoms with Gasteiger partial charge in [-0.05, 0) is 30.3 Å². The molecule has 0 aliphatic heterocycles. The van der Waals surface area contributed by atoms with E-state index in [0.29, 0.717) is 11.4 Å². The lowest BCUT2D eigenvalue weighted by atomic mass is 10.2. The average molecular weight is 306 g/mol. The van der Waals surface area contributed by atoms with Gasteiger partial charge in [0, 0.05) is 11.9 Å². The number of nitrogens with zero attached hydrogens (tertiary/aromatic N) is 1. The second-order valence-electron chi connectivity index (χ2n) is 4.35. The van der Waals surface area contributed by atoms with E-state index in [1.54, 1.807) is 30.3 Å². The fourth-order valence-electron chi connectivity index (χ4n) is 1.67. The highest BCUT2D eigenvalue weighted by atomic mass is 32.2. The highest BCUT2D eigenvalue weighted by Crippen LogP contribution is 2.17. The highest BCUT2D eigenvalue weighted by molar-refractivity contribution is 7.92. The molecule has 0 aliphatic carbocycles. The first-order valence-corrected chi connectivity index (χ1v) is 7.84. The van der Waals surface area contributed by atoms with Crippen molar-refractivity contribution in [2.24, 2.45) is 0 Å². The van der Waals surface area contributed by atoms with Crippen LogP contribution in [0.3, 0.4) is 0 Å². The number of carbonyl (C=O) groups excluding carboxylic acids is 1. The molecule has 2 rings (SSSR count). The van der Waals surface area contributed by atoms with Gasteiger partial charge in [0.15, 0.2) is 5.69 Å². The molecule has 4 N–H and O–H groups in total. The Balaban J connectivity index is 2.19. The molecule has 0 saturated heterocycles. The number of aromatic nitrogens is 1. The van der Waals surface area contributed by atoms with Crippen LogP contribution in [0, 0.1) is 0 Å². The number of amides is 1. The SMILES string of the molecule is CS(=O)(=O)Nc1cccc(NC(=O)c2ncccc2N)c1. The smallest absolute Gasteiger partial charge is 0.276 e. The van der Waals surface area contributed by atoms with E-state index in [4.69, 9.17) is 5.73 Å². The van der Waals surface area contributed by atoms with E-state index in [1.807, 2.05) is 0 Å². The average Bonchev–Trinajstić information content (AvgIpc) is 2.37. The van der Waals surface area contributed by atoms with Crippen LogP contribution in [0.2, 0.25) is 0 Å². The number of benzene rings is 1. The summed E-state index contributed by atoms with van der Waals surface area (Å²) in [6.45, 7) is 0. The summed E-state index contributed by atoms with van der Waals surface area (Å²) < 4.78 is 24.7. The number of anilines is 3. The maximum Gasteiger partial charge on any atom is 0.276 e. The molecule has 8 heteroatoms. The van der Waals surface area contributed by atoms with Crippen LogP contribution < -0.4 is 15.8 Å². The van der Waals surface area contributed by atoms with E-state index in [9.17, 15) is 13.2 Å². The Morgan fingerprint density at radius 1 is 1.19 bits per heavy atom. The summed E-state index contributed by atoms with van der Waals surface area (Å²) in [4.78, 5) is 15.9. The lowest BCUT2D eigenvalue weighted by Gasteiger charge is -2.09. The van der Waals surface area contributed by atoms with Crippen molar-refractivity contribution < 1.29 is 13.2 Å². The zero-order chi connectivity index (χ0) is 15.5. The van der Waals surface area contributed by atoms with E-state index < -0.39 is 15.9 Å². The predicted molar refractivity (Wildman–Crippen MR) is 81.5 cm³/mol. The highest BCUT2D eigenvalue weighted by Gasteiger charge is 2.11. The van der Waals surface area contributed by atoms with Gasteiger partial charge in [-0.15, -0.1) is 0 Å². The van der Waals surface area contributed by atoms with Crippen LogP contribution in [0.5, 0.6) is 0 Å². The van der Waals surface area contributed by atoms with Crippen LogP contribution in [0.1, 0.15) is 10.5 Å². The van der Waals surface area contributed by atoms with Crippen LogP contribution in [0.25, 0.3) is 0 Å². The van der Waals surface area contributed by atoms with Gasteiger partial charge in [0.1, 0.15) is 0 Å². The van der Waals surface area contributed by atoms with Gasteiger partial charge in [-0.2, -0.15) is 0 Å². The van der Waals surface area contributed by atoms with Crippen molar-refractivity contribution in [2.45, 2.75) is 0 Å². The maximum atomic E-state index is 12.0. The number of hydrogen-bond acceptors (Lipinski definition) is 5. The number of pyridine rings is 1. The van der Waals surface area contributed by atoms with Gasteiger partial charge in [0.25, 0.3) is 5.91 Å². The van der Waals surface area contributed by atoms with Crippen molar-refractivity contribution in [1.82, 2.24) is 4.98 Å². The van der Waals surface area contributed by atoms with Crippen LogP contribution >= 0.6 is 0 Å².